The second kappa shape index (κ2) is 4.36. The zero-order valence-corrected chi connectivity index (χ0v) is 10.6. The van der Waals surface area contributed by atoms with Crippen LogP contribution in [0.5, 0.6) is 0 Å². The van der Waals surface area contributed by atoms with Crippen LogP contribution in [0.2, 0.25) is 0 Å². The Balaban J connectivity index is 2.22. The molecular formula is C17H11NO2. The lowest BCUT2D eigenvalue weighted by atomic mass is 9.77. The number of fused-ring (bicyclic) bond motifs is 1. The van der Waals surface area contributed by atoms with Crippen molar-refractivity contribution in [2.24, 2.45) is 0 Å². The minimum Gasteiger partial charge on any atom is -0.478 e. The molecule has 0 radical (unpaired) electrons. The van der Waals surface area contributed by atoms with Crippen LogP contribution in [0.1, 0.15) is 27.0 Å². The summed E-state index contributed by atoms with van der Waals surface area (Å²) in [7, 11) is 0. The molecule has 0 amide bonds. The Hall–Kier alpha value is -2.86. The standard InChI is InChI=1S/C17H11NO2/c18-11-17(9-8-12-4-1-2-7-15(12)17)14-6-3-5-13(10-14)16(19)20/h1-10H,(H,19,20). The van der Waals surface area contributed by atoms with Gasteiger partial charge in [0.2, 0.25) is 0 Å². The van der Waals surface area contributed by atoms with E-state index < -0.39 is 11.4 Å². The van der Waals surface area contributed by atoms with Gasteiger partial charge in [0.15, 0.2) is 0 Å². The molecule has 1 N–H and O–H groups in total. The molecule has 20 heavy (non-hydrogen) atoms. The van der Waals surface area contributed by atoms with Crippen LogP contribution in [0.4, 0.5) is 0 Å². The summed E-state index contributed by atoms with van der Waals surface area (Å²) in [6, 6.07) is 16.6. The summed E-state index contributed by atoms with van der Waals surface area (Å²) in [6.07, 6.45) is 3.74. The number of hydrogen-bond donors (Lipinski definition) is 1. The van der Waals surface area contributed by atoms with Gasteiger partial charge in [0.25, 0.3) is 0 Å². The number of benzene rings is 2. The van der Waals surface area contributed by atoms with Crippen molar-refractivity contribution >= 4 is 12.0 Å². The molecule has 0 saturated carbocycles. The Bertz CT molecular complexity index is 771. The third kappa shape index (κ3) is 1.63. The second-order valence-corrected chi connectivity index (χ2v) is 4.73. The molecule has 1 aliphatic carbocycles. The highest BCUT2D eigenvalue weighted by atomic mass is 16.4. The molecular weight excluding hydrogens is 250 g/mol. The average molecular weight is 261 g/mol. The van der Waals surface area contributed by atoms with Crippen LogP contribution in [0, 0.1) is 11.3 Å². The molecule has 1 aliphatic rings. The molecule has 3 nitrogen and oxygen atoms in total. The number of hydrogen-bond acceptors (Lipinski definition) is 2. The van der Waals surface area contributed by atoms with Gasteiger partial charge in [0, 0.05) is 0 Å². The molecule has 0 bridgehead atoms. The van der Waals surface area contributed by atoms with Crippen molar-refractivity contribution in [1.82, 2.24) is 0 Å². The Morgan fingerprint density at radius 3 is 2.70 bits per heavy atom. The molecule has 0 saturated heterocycles. The fourth-order valence-electron chi connectivity index (χ4n) is 2.62. The quantitative estimate of drug-likeness (QED) is 0.902. The first-order chi connectivity index (χ1) is 9.67. The average Bonchev–Trinajstić information content (AvgIpc) is 2.87. The number of nitrogens with zero attached hydrogens (tertiary/aromatic N) is 1. The van der Waals surface area contributed by atoms with Gasteiger partial charge in [0.05, 0.1) is 11.6 Å². The first-order valence-electron chi connectivity index (χ1n) is 6.21. The van der Waals surface area contributed by atoms with Gasteiger partial charge in [-0.05, 0) is 28.8 Å². The van der Waals surface area contributed by atoms with Crippen LogP contribution >= 0.6 is 0 Å². The van der Waals surface area contributed by atoms with E-state index in [2.05, 4.69) is 6.07 Å². The first-order valence-corrected chi connectivity index (χ1v) is 6.21. The molecule has 96 valence electrons. The third-order valence-corrected chi connectivity index (χ3v) is 3.64. The number of carboxylic acids is 1. The summed E-state index contributed by atoms with van der Waals surface area (Å²) in [6.45, 7) is 0. The molecule has 0 aliphatic heterocycles. The van der Waals surface area contributed by atoms with Crippen LogP contribution < -0.4 is 0 Å². The zero-order valence-electron chi connectivity index (χ0n) is 10.6. The summed E-state index contributed by atoms with van der Waals surface area (Å²) >= 11 is 0. The SMILES string of the molecule is N#CC1(c2cccc(C(=O)O)c2)C=Cc2ccccc21. The summed E-state index contributed by atoms with van der Waals surface area (Å²) in [5.41, 5.74) is 1.86. The summed E-state index contributed by atoms with van der Waals surface area (Å²) in [5, 5.41) is 18.8. The van der Waals surface area contributed by atoms with Crippen molar-refractivity contribution in [3.8, 4) is 6.07 Å². The molecule has 3 heteroatoms. The van der Waals surface area contributed by atoms with Crippen molar-refractivity contribution in [3.05, 3.63) is 76.9 Å². The fraction of sp³-hybridized carbons (Fsp3) is 0.0588. The molecule has 3 rings (SSSR count). The van der Waals surface area contributed by atoms with Crippen molar-refractivity contribution in [1.29, 1.82) is 5.26 Å². The van der Waals surface area contributed by atoms with E-state index in [9.17, 15) is 10.1 Å². The third-order valence-electron chi connectivity index (χ3n) is 3.64. The smallest absolute Gasteiger partial charge is 0.335 e. The molecule has 1 atom stereocenters. The van der Waals surface area contributed by atoms with E-state index in [1.54, 1.807) is 18.2 Å². The number of aromatic carboxylic acids is 1. The highest BCUT2D eigenvalue weighted by Crippen LogP contribution is 2.41. The van der Waals surface area contributed by atoms with Crippen LogP contribution in [-0.4, -0.2) is 11.1 Å². The van der Waals surface area contributed by atoms with E-state index in [0.29, 0.717) is 5.56 Å². The summed E-state index contributed by atoms with van der Waals surface area (Å²) in [4.78, 5) is 11.1. The van der Waals surface area contributed by atoms with E-state index in [1.807, 2.05) is 36.4 Å². The second-order valence-electron chi connectivity index (χ2n) is 4.73. The van der Waals surface area contributed by atoms with E-state index >= 15 is 0 Å². The fourth-order valence-corrected chi connectivity index (χ4v) is 2.62. The van der Waals surface area contributed by atoms with Gasteiger partial charge in [-0.3, -0.25) is 0 Å². The van der Waals surface area contributed by atoms with Gasteiger partial charge in [-0.1, -0.05) is 48.6 Å². The molecule has 0 aromatic heterocycles. The van der Waals surface area contributed by atoms with Crippen molar-refractivity contribution < 1.29 is 9.90 Å². The maximum atomic E-state index is 11.1. The van der Waals surface area contributed by atoms with Crippen molar-refractivity contribution in [2.75, 3.05) is 0 Å². The Morgan fingerprint density at radius 2 is 1.95 bits per heavy atom. The number of carboxylic acid groups (broad SMARTS) is 1. The number of allylic oxidation sites excluding steroid dienone is 1. The highest BCUT2D eigenvalue weighted by Gasteiger charge is 2.37. The van der Waals surface area contributed by atoms with Gasteiger partial charge in [-0.25, -0.2) is 4.79 Å². The van der Waals surface area contributed by atoms with E-state index in [1.165, 1.54) is 6.07 Å². The Labute approximate surface area is 116 Å². The van der Waals surface area contributed by atoms with E-state index in [-0.39, 0.29) is 5.56 Å². The molecule has 1 unspecified atom stereocenters. The van der Waals surface area contributed by atoms with Crippen LogP contribution in [-0.2, 0) is 5.41 Å². The molecule has 0 fully saturated rings. The monoisotopic (exact) mass is 261 g/mol. The van der Waals surface area contributed by atoms with Crippen LogP contribution in [0.25, 0.3) is 6.08 Å². The predicted octanol–water partition coefficient (Wildman–Crippen LogP) is 3.22. The maximum absolute atomic E-state index is 11.1. The highest BCUT2D eigenvalue weighted by molar-refractivity contribution is 5.88. The van der Waals surface area contributed by atoms with Gasteiger partial charge < -0.3 is 5.11 Å². The topological polar surface area (TPSA) is 61.1 Å². The van der Waals surface area contributed by atoms with Gasteiger partial charge in [0.1, 0.15) is 5.41 Å². The Kier molecular flexibility index (Phi) is 2.66. The molecule has 0 spiro atoms. The molecule has 2 aromatic carbocycles. The lowest BCUT2D eigenvalue weighted by molar-refractivity contribution is 0.0696. The lowest BCUT2D eigenvalue weighted by Gasteiger charge is -2.22. The van der Waals surface area contributed by atoms with Gasteiger partial charge in [-0.2, -0.15) is 5.26 Å². The first kappa shape index (κ1) is 12.2. The van der Waals surface area contributed by atoms with Crippen molar-refractivity contribution in [2.45, 2.75) is 5.41 Å². The summed E-state index contributed by atoms with van der Waals surface area (Å²) < 4.78 is 0. The van der Waals surface area contributed by atoms with Crippen LogP contribution in [0.15, 0.2) is 54.6 Å². The molecule has 0 heterocycles. The predicted molar refractivity (Wildman–Crippen MR) is 75.3 cm³/mol. The largest absolute Gasteiger partial charge is 0.478 e. The number of carbonyl (C=O) groups is 1. The minimum absolute atomic E-state index is 0.190. The van der Waals surface area contributed by atoms with Crippen molar-refractivity contribution in [3.63, 3.8) is 0 Å². The summed E-state index contributed by atoms with van der Waals surface area (Å²) in [5.74, 6) is -0.991. The lowest BCUT2D eigenvalue weighted by Crippen LogP contribution is -2.21. The zero-order chi connectivity index (χ0) is 14.2. The van der Waals surface area contributed by atoms with Gasteiger partial charge in [-0.15, -0.1) is 0 Å². The van der Waals surface area contributed by atoms with E-state index in [4.69, 9.17) is 5.11 Å². The maximum Gasteiger partial charge on any atom is 0.335 e. The Morgan fingerprint density at radius 1 is 1.15 bits per heavy atom. The van der Waals surface area contributed by atoms with Gasteiger partial charge >= 0.3 is 5.97 Å². The normalized spacial score (nSPS) is 19.4. The van der Waals surface area contributed by atoms with Crippen LogP contribution in [0.3, 0.4) is 0 Å². The number of rotatable bonds is 2. The number of nitriles is 1. The molecule has 2 aromatic rings. The minimum atomic E-state index is -0.991. The van der Waals surface area contributed by atoms with E-state index in [0.717, 1.165) is 11.1 Å².